The molecule has 0 atom stereocenters. The maximum Gasteiger partial charge on any atom is 0.224 e. The highest BCUT2D eigenvalue weighted by atomic mass is 35.5. The summed E-state index contributed by atoms with van der Waals surface area (Å²) in [5.41, 5.74) is 7.21. The van der Waals surface area contributed by atoms with Crippen LogP contribution in [0.2, 0.25) is 5.28 Å². The van der Waals surface area contributed by atoms with Crippen LogP contribution >= 0.6 is 11.6 Å². The number of ether oxygens (including phenoxy) is 1. The van der Waals surface area contributed by atoms with E-state index in [1.54, 1.807) is 7.11 Å². The minimum atomic E-state index is 0.220. The number of aryl methyl sites for hydroxylation is 1. The number of nitrogen functional groups attached to an aromatic ring is 1. The van der Waals surface area contributed by atoms with E-state index in [0.29, 0.717) is 23.8 Å². The van der Waals surface area contributed by atoms with Gasteiger partial charge in [-0.15, -0.1) is 0 Å². The van der Waals surface area contributed by atoms with Crippen LogP contribution in [0.25, 0.3) is 0 Å². The van der Waals surface area contributed by atoms with Crippen molar-refractivity contribution in [2.45, 2.75) is 13.8 Å². The van der Waals surface area contributed by atoms with Crippen LogP contribution in [-0.2, 0) is 4.74 Å². The van der Waals surface area contributed by atoms with Crippen LogP contribution < -0.4 is 10.6 Å². The van der Waals surface area contributed by atoms with E-state index in [1.165, 1.54) is 0 Å². The summed E-state index contributed by atoms with van der Waals surface area (Å²) in [6.07, 6.45) is 0. The Bertz CT molecular complexity index is 359. The molecule has 1 aromatic rings. The second-order valence-corrected chi connectivity index (χ2v) is 3.73. The van der Waals surface area contributed by atoms with Crippen molar-refractivity contribution >= 4 is 23.1 Å². The third kappa shape index (κ3) is 2.96. The zero-order chi connectivity index (χ0) is 12.1. The molecule has 0 fully saturated rings. The van der Waals surface area contributed by atoms with Crippen molar-refractivity contribution in [3.05, 3.63) is 11.0 Å². The van der Waals surface area contributed by atoms with E-state index in [-0.39, 0.29) is 5.28 Å². The first-order valence-corrected chi connectivity index (χ1v) is 5.51. The zero-order valence-electron chi connectivity index (χ0n) is 9.83. The van der Waals surface area contributed by atoms with Crippen LogP contribution in [0.5, 0.6) is 0 Å². The predicted octanol–water partition coefficient (Wildman–Crippen LogP) is 1.49. The summed E-state index contributed by atoms with van der Waals surface area (Å²) in [6, 6.07) is 0. The largest absolute Gasteiger partial charge is 0.394 e. The van der Waals surface area contributed by atoms with Crippen molar-refractivity contribution in [3.63, 3.8) is 0 Å². The molecule has 2 N–H and O–H groups in total. The number of hydrogen-bond acceptors (Lipinski definition) is 5. The molecular formula is C10H17ClN4O. The Kier molecular flexibility index (Phi) is 4.76. The number of anilines is 2. The zero-order valence-corrected chi connectivity index (χ0v) is 10.6. The molecule has 0 aliphatic carbocycles. The Balaban J connectivity index is 2.99. The average Bonchev–Trinajstić information content (AvgIpc) is 2.25. The number of methoxy groups -OCH3 is 1. The SMILES string of the molecule is CCN(CCOC)c1nc(Cl)nc(C)c1N. The minimum absolute atomic E-state index is 0.220. The first-order valence-electron chi connectivity index (χ1n) is 5.13. The molecule has 0 unspecified atom stereocenters. The van der Waals surface area contributed by atoms with E-state index in [0.717, 1.165) is 13.1 Å². The van der Waals surface area contributed by atoms with Gasteiger partial charge in [0, 0.05) is 20.2 Å². The van der Waals surface area contributed by atoms with Crippen LogP contribution in [0.1, 0.15) is 12.6 Å². The Morgan fingerprint density at radius 2 is 2.12 bits per heavy atom. The normalized spacial score (nSPS) is 10.5. The maximum atomic E-state index is 5.93. The standard InChI is InChI=1S/C10H17ClN4O/c1-4-15(5-6-16-3)9-8(12)7(2)13-10(11)14-9/h4-6,12H2,1-3H3. The molecule has 1 rings (SSSR count). The number of halogens is 1. The van der Waals surface area contributed by atoms with E-state index in [1.807, 2.05) is 18.7 Å². The Hall–Kier alpha value is -1.07. The molecule has 0 aromatic carbocycles. The number of likely N-dealkylation sites (N-methyl/N-ethyl adjacent to an activating group) is 1. The molecule has 1 aromatic heterocycles. The highest BCUT2D eigenvalue weighted by Crippen LogP contribution is 2.24. The van der Waals surface area contributed by atoms with Crippen LogP contribution in [0, 0.1) is 6.92 Å². The molecule has 0 saturated heterocycles. The Morgan fingerprint density at radius 3 is 2.69 bits per heavy atom. The summed E-state index contributed by atoms with van der Waals surface area (Å²) < 4.78 is 5.04. The van der Waals surface area contributed by atoms with Gasteiger partial charge in [-0.25, -0.2) is 4.98 Å². The van der Waals surface area contributed by atoms with Gasteiger partial charge in [0.1, 0.15) is 0 Å². The van der Waals surface area contributed by atoms with Crippen molar-refractivity contribution < 1.29 is 4.74 Å². The molecule has 16 heavy (non-hydrogen) atoms. The van der Waals surface area contributed by atoms with Gasteiger partial charge in [-0.2, -0.15) is 4.98 Å². The molecule has 0 spiro atoms. The number of hydrogen-bond donors (Lipinski definition) is 1. The molecule has 0 saturated carbocycles. The number of aromatic nitrogens is 2. The van der Waals surface area contributed by atoms with E-state index in [2.05, 4.69) is 9.97 Å². The van der Waals surface area contributed by atoms with Crippen LogP contribution in [0.15, 0.2) is 0 Å². The maximum absolute atomic E-state index is 5.93. The molecule has 90 valence electrons. The fourth-order valence-electron chi connectivity index (χ4n) is 1.39. The van der Waals surface area contributed by atoms with Gasteiger partial charge >= 0.3 is 0 Å². The topological polar surface area (TPSA) is 64.3 Å². The second-order valence-electron chi connectivity index (χ2n) is 3.39. The molecule has 5 nitrogen and oxygen atoms in total. The van der Waals surface area contributed by atoms with Crippen molar-refractivity contribution in [1.29, 1.82) is 0 Å². The van der Waals surface area contributed by atoms with Gasteiger partial charge < -0.3 is 15.4 Å². The molecule has 6 heteroatoms. The quantitative estimate of drug-likeness (QED) is 0.796. The summed E-state index contributed by atoms with van der Waals surface area (Å²) in [7, 11) is 1.66. The molecule has 0 amide bonds. The van der Waals surface area contributed by atoms with Crippen LogP contribution in [0.4, 0.5) is 11.5 Å². The van der Waals surface area contributed by atoms with E-state index in [4.69, 9.17) is 22.1 Å². The van der Waals surface area contributed by atoms with Crippen molar-refractivity contribution in [3.8, 4) is 0 Å². The number of nitrogens with two attached hydrogens (primary N) is 1. The fraction of sp³-hybridized carbons (Fsp3) is 0.600. The van der Waals surface area contributed by atoms with Gasteiger partial charge in [-0.05, 0) is 25.4 Å². The monoisotopic (exact) mass is 244 g/mol. The number of rotatable bonds is 5. The van der Waals surface area contributed by atoms with Gasteiger partial charge in [-0.3, -0.25) is 0 Å². The lowest BCUT2D eigenvalue weighted by atomic mass is 10.3. The molecule has 0 radical (unpaired) electrons. The number of nitrogens with zero attached hydrogens (tertiary/aromatic N) is 3. The Labute approximate surface area is 101 Å². The average molecular weight is 245 g/mol. The molecule has 1 heterocycles. The molecular weight excluding hydrogens is 228 g/mol. The predicted molar refractivity (Wildman–Crippen MR) is 66.0 cm³/mol. The lowest BCUT2D eigenvalue weighted by molar-refractivity contribution is 0.205. The van der Waals surface area contributed by atoms with E-state index < -0.39 is 0 Å². The summed E-state index contributed by atoms with van der Waals surface area (Å²) in [5, 5.41) is 0.220. The highest BCUT2D eigenvalue weighted by Gasteiger charge is 2.13. The van der Waals surface area contributed by atoms with Crippen LogP contribution in [-0.4, -0.2) is 36.8 Å². The van der Waals surface area contributed by atoms with Gasteiger partial charge in [0.2, 0.25) is 5.28 Å². The lowest BCUT2D eigenvalue weighted by Gasteiger charge is -2.23. The van der Waals surface area contributed by atoms with Crippen molar-refractivity contribution in [1.82, 2.24) is 9.97 Å². The van der Waals surface area contributed by atoms with Gasteiger partial charge in [-0.1, -0.05) is 0 Å². The lowest BCUT2D eigenvalue weighted by Crippen LogP contribution is -2.29. The Morgan fingerprint density at radius 1 is 1.44 bits per heavy atom. The van der Waals surface area contributed by atoms with Crippen molar-refractivity contribution in [2.24, 2.45) is 0 Å². The van der Waals surface area contributed by atoms with Gasteiger partial charge in [0.05, 0.1) is 18.0 Å². The summed E-state index contributed by atoms with van der Waals surface area (Å²) in [4.78, 5) is 10.2. The minimum Gasteiger partial charge on any atom is -0.394 e. The summed E-state index contributed by atoms with van der Waals surface area (Å²) >= 11 is 5.82. The summed E-state index contributed by atoms with van der Waals surface area (Å²) in [5.74, 6) is 0.678. The first kappa shape index (κ1) is 13.0. The molecule has 0 aliphatic heterocycles. The van der Waals surface area contributed by atoms with E-state index >= 15 is 0 Å². The fourth-order valence-corrected chi connectivity index (χ4v) is 1.60. The second kappa shape index (κ2) is 5.86. The third-order valence-electron chi connectivity index (χ3n) is 2.34. The molecule has 0 bridgehead atoms. The van der Waals surface area contributed by atoms with Crippen LogP contribution in [0.3, 0.4) is 0 Å². The first-order chi connectivity index (χ1) is 7.60. The van der Waals surface area contributed by atoms with Gasteiger partial charge in [0.25, 0.3) is 0 Å². The van der Waals surface area contributed by atoms with Gasteiger partial charge in [0.15, 0.2) is 5.82 Å². The third-order valence-corrected chi connectivity index (χ3v) is 2.50. The molecule has 0 aliphatic rings. The van der Waals surface area contributed by atoms with E-state index in [9.17, 15) is 0 Å². The highest BCUT2D eigenvalue weighted by molar-refractivity contribution is 6.28. The smallest absolute Gasteiger partial charge is 0.224 e. The van der Waals surface area contributed by atoms with Crippen molar-refractivity contribution in [2.75, 3.05) is 37.4 Å². The summed E-state index contributed by atoms with van der Waals surface area (Å²) in [6.45, 7) is 5.98.